The van der Waals surface area contributed by atoms with E-state index in [0.717, 1.165) is 0 Å². The molecule has 8 heteroatoms. The van der Waals surface area contributed by atoms with Crippen molar-refractivity contribution in [2.24, 2.45) is 0 Å². The van der Waals surface area contributed by atoms with Crippen molar-refractivity contribution < 1.29 is 23.0 Å². The molecule has 0 radical (unpaired) electrons. The molecule has 28 heavy (non-hydrogen) atoms. The van der Waals surface area contributed by atoms with Crippen LogP contribution in [0.15, 0.2) is 42.5 Å². The molecule has 0 saturated carbocycles. The maximum atomic E-state index is 14.4. The van der Waals surface area contributed by atoms with Crippen LogP contribution in [0.4, 0.5) is 8.78 Å². The Morgan fingerprint density at radius 1 is 1.25 bits per heavy atom. The van der Waals surface area contributed by atoms with E-state index < -0.39 is 12.3 Å². The number of halogens is 2. The molecule has 2 aromatic carbocycles. The molecule has 3 aromatic rings. The van der Waals surface area contributed by atoms with E-state index in [1.807, 2.05) is 0 Å². The van der Waals surface area contributed by atoms with E-state index in [0.29, 0.717) is 28.2 Å². The van der Waals surface area contributed by atoms with Gasteiger partial charge in [0.1, 0.15) is 36.3 Å². The van der Waals surface area contributed by atoms with Gasteiger partial charge in [0, 0.05) is 5.56 Å². The quantitative estimate of drug-likeness (QED) is 0.731. The van der Waals surface area contributed by atoms with Crippen molar-refractivity contribution in [1.29, 1.82) is 0 Å². The third-order valence-electron chi connectivity index (χ3n) is 4.75. The number of aromatic nitrogens is 2. The Morgan fingerprint density at radius 2 is 2.04 bits per heavy atom. The number of hydrogen-bond donors (Lipinski definition) is 1. The fourth-order valence-electron chi connectivity index (χ4n) is 3.26. The molecule has 2 heterocycles. The smallest absolute Gasteiger partial charge is 0.254 e. The first-order valence-corrected chi connectivity index (χ1v) is 8.86. The lowest BCUT2D eigenvalue weighted by Crippen LogP contribution is -2.30. The maximum absolute atomic E-state index is 14.4. The molecular formula is C20H19F2N3O3. The molecule has 1 aromatic heterocycles. The van der Waals surface area contributed by atoms with Crippen molar-refractivity contribution in [2.45, 2.75) is 18.9 Å². The van der Waals surface area contributed by atoms with Gasteiger partial charge in [0.05, 0.1) is 31.2 Å². The Hall–Kier alpha value is -3.00. The Kier molecular flexibility index (Phi) is 4.95. The van der Waals surface area contributed by atoms with E-state index in [-0.39, 0.29) is 31.4 Å². The van der Waals surface area contributed by atoms with Crippen LogP contribution in [0.5, 0.6) is 5.75 Å². The molecule has 0 aliphatic carbocycles. The van der Waals surface area contributed by atoms with Gasteiger partial charge >= 0.3 is 0 Å². The average molecular weight is 387 g/mol. The summed E-state index contributed by atoms with van der Waals surface area (Å²) in [5.41, 5.74) is 1.63. The normalized spacial score (nSPS) is 19.3. The molecule has 1 fully saturated rings. The number of alkyl halides is 1. The minimum atomic E-state index is -1.29. The van der Waals surface area contributed by atoms with Crippen molar-refractivity contribution >= 4 is 16.9 Å². The summed E-state index contributed by atoms with van der Waals surface area (Å²) in [6.07, 6.45) is -2.03. The number of nitrogens with zero attached hydrogens (tertiary/aromatic N) is 2. The van der Waals surface area contributed by atoms with Gasteiger partial charge in [-0.2, -0.15) is 0 Å². The van der Waals surface area contributed by atoms with Gasteiger partial charge in [-0.15, -0.1) is 0 Å². The first kappa shape index (κ1) is 18.4. The summed E-state index contributed by atoms with van der Waals surface area (Å²) in [6, 6.07) is 10.9. The summed E-state index contributed by atoms with van der Waals surface area (Å²) < 4.78 is 38.3. The zero-order valence-corrected chi connectivity index (χ0v) is 15.2. The highest BCUT2D eigenvalue weighted by Crippen LogP contribution is 2.22. The van der Waals surface area contributed by atoms with Gasteiger partial charge in [-0.05, 0) is 42.5 Å². The zero-order chi connectivity index (χ0) is 19.7. The molecule has 1 N–H and O–H groups in total. The van der Waals surface area contributed by atoms with Crippen molar-refractivity contribution in [3.05, 3.63) is 59.7 Å². The van der Waals surface area contributed by atoms with Crippen LogP contribution in [0.1, 0.15) is 16.2 Å². The van der Waals surface area contributed by atoms with Crippen LogP contribution in [0.2, 0.25) is 0 Å². The molecule has 1 saturated heterocycles. The number of likely N-dealkylation sites (tertiary alicyclic amines) is 1. The zero-order valence-electron chi connectivity index (χ0n) is 15.2. The van der Waals surface area contributed by atoms with Crippen molar-refractivity contribution in [1.82, 2.24) is 14.9 Å². The number of fused-ring (bicyclic) bond motifs is 1. The fourth-order valence-corrected chi connectivity index (χ4v) is 3.26. The molecular weight excluding hydrogens is 368 g/mol. The Morgan fingerprint density at radius 3 is 2.79 bits per heavy atom. The second-order valence-corrected chi connectivity index (χ2v) is 6.65. The highest BCUT2D eigenvalue weighted by molar-refractivity contribution is 5.94. The van der Waals surface area contributed by atoms with E-state index in [9.17, 15) is 13.6 Å². The summed E-state index contributed by atoms with van der Waals surface area (Å²) in [6.45, 7) is 0.174. The van der Waals surface area contributed by atoms with Crippen LogP contribution >= 0.6 is 0 Å². The number of nitrogens with one attached hydrogen (secondary N) is 1. The second-order valence-electron chi connectivity index (χ2n) is 6.65. The van der Waals surface area contributed by atoms with E-state index in [4.69, 9.17) is 9.47 Å². The number of imidazole rings is 1. The van der Waals surface area contributed by atoms with Gasteiger partial charge in [-0.3, -0.25) is 4.79 Å². The van der Waals surface area contributed by atoms with Crippen molar-refractivity contribution in [3.8, 4) is 5.75 Å². The summed E-state index contributed by atoms with van der Waals surface area (Å²) >= 11 is 0. The number of carbonyl (C=O) groups is 1. The van der Waals surface area contributed by atoms with E-state index >= 15 is 0 Å². The monoisotopic (exact) mass is 387 g/mol. The topological polar surface area (TPSA) is 67.4 Å². The fraction of sp³-hybridized carbons (Fsp3) is 0.300. The van der Waals surface area contributed by atoms with Gasteiger partial charge in [-0.1, -0.05) is 0 Å². The minimum absolute atomic E-state index is 0.0269. The summed E-state index contributed by atoms with van der Waals surface area (Å²) in [5.74, 6) is 0.507. The van der Waals surface area contributed by atoms with Gasteiger partial charge < -0.3 is 19.4 Å². The van der Waals surface area contributed by atoms with Crippen molar-refractivity contribution in [2.75, 3.05) is 20.2 Å². The van der Waals surface area contributed by atoms with E-state index in [1.54, 1.807) is 37.4 Å². The number of aromatic amines is 1. The van der Waals surface area contributed by atoms with Crippen LogP contribution in [0, 0.1) is 5.82 Å². The van der Waals surface area contributed by atoms with E-state index in [1.165, 1.54) is 17.0 Å². The number of carbonyl (C=O) groups excluding carboxylic acids is 1. The average Bonchev–Trinajstić information content (AvgIpc) is 3.28. The van der Waals surface area contributed by atoms with Crippen LogP contribution < -0.4 is 4.74 Å². The molecule has 2 unspecified atom stereocenters. The lowest BCUT2D eigenvalue weighted by atomic mass is 10.2. The summed E-state index contributed by atoms with van der Waals surface area (Å²) in [7, 11) is 1.55. The van der Waals surface area contributed by atoms with Crippen LogP contribution in [-0.4, -0.2) is 53.2 Å². The Bertz CT molecular complexity index is 990. The number of H-pyrrole nitrogens is 1. The number of methoxy groups -OCH3 is 1. The van der Waals surface area contributed by atoms with Crippen LogP contribution in [0.25, 0.3) is 11.0 Å². The number of hydrogen-bond acceptors (Lipinski definition) is 4. The molecule has 6 nitrogen and oxygen atoms in total. The number of rotatable bonds is 5. The highest BCUT2D eigenvalue weighted by Gasteiger charge is 2.36. The first-order chi connectivity index (χ1) is 13.5. The maximum Gasteiger partial charge on any atom is 0.254 e. The Balaban J connectivity index is 1.38. The van der Waals surface area contributed by atoms with Gasteiger partial charge in [-0.25, -0.2) is 13.8 Å². The molecule has 4 rings (SSSR count). The molecule has 1 aliphatic heterocycles. The number of ether oxygens (including phenoxy) is 2. The highest BCUT2D eigenvalue weighted by atomic mass is 19.1. The molecule has 0 spiro atoms. The minimum Gasteiger partial charge on any atom is -0.497 e. The van der Waals surface area contributed by atoms with Gasteiger partial charge in [0.25, 0.3) is 5.91 Å². The van der Waals surface area contributed by atoms with Gasteiger partial charge in [0.15, 0.2) is 0 Å². The third kappa shape index (κ3) is 3.68. The summed E-state index contributed by atoms with van der Waals surface area (Å²) in [4.78, 5) is 21.3. The lowest BCUT2D eigenvalue weighted by molar-refractivity contribution is 0.00887. The van der Waals surface area contributed by atoms with Gasteiger partial charge in [0.2, 0.25) is 0 Å². The molecule has 2 atom stereocenters. The Labute approximate surface area is 160 Å². The lowest BCUT2D eigenvalue weighted by Gasteiger charge is -2.16. The summed E-state index contributed by atoms with van der Waals surface area (Å²) in [5, 5.41) is 0. The van der Waals surface area contributed by atoms with Crippen LogP contribution in [-0.2, 0) is 11.3 Å². The van der Waals surface area contributed by atoms with Crippen molar-refractivity contribution in [3.63, 3.8) is 0 Å². The predicted octanol–water partition coefficient (Wildman–Crippen LogP) is 3.09. The largest absolute Gasteiger partial charge is 0.497 e. The molecule has 0 bridgehead atoms. The SMILES string of the molecule is COc1ccc(C(=O)N2CC(F)C(OCc3nc4ccc(F)cc4[nH]3)C2)cc1. The molecule has 1 aliphatic rings. The molecule has 146 valence electrons. The third-order valence-corrected chi connectivity index (χ3v) is 4.75. The molecule has 1 amide bonds. The number of amides is 1. The van der Waals surface area contributed by atoms with Crippen LogP contribution in [0.3, 0.4) is 0 Å². The second kappa shape index (κ2) is 7.55. The predicted molar refractivity (Wildman–Crippen MR) is 98.4 cm³/mol. The first-order valence-electron chi connectivity index (χ1n) is 8.86. The standard InChI is InChI=1S/C20H19F2N3O3/c1-27-14-5-2-12(3-6-14)20(26)25-9-15(22)18(10-25)28-11-19-23-16-7-4-13(21)8-17(16)24-19/h2-8,15,18H,9-11H2,1H3,(H,23,24). The number of benzene rings is 2. The van der Waals surface area contributed by atoms with E-state index in [2.05, 4.69) is 9.97 Å².